The molecule has 3 rings (SSSR count). The molecule has 102 valence electrons. The SMILES string of the molecule is CCC(Nc1ccc2cn[nH]c2c1)c1ccc(C)cc1. The highest BCUT2D eigenvalue weighted by Crippen LogP contribution is 2.24. The molecule has 0 spiro atoms. The summed E-state index contributed by atoms with van der Waals surface area (Å²) in [7, 11) is 0. The maximum atomic E-state index is 4.06. The molecule has 2 aromatic carbocycles. The maximum Gasteiger partial charge on any atom is 0.0670 e. The normalized spacial score (nSPS) is 12.5. The lowest BCUT2D eigenvalue weighted by molar-refractivity contribution is 0.749. The molecule has 0 saturated heterocycles. The molecule has 1 unspecified atom stereocenters. The van der Waals surface area contributed by atoms with Gasteiger partial charge in [-0.25, -0.2) is 0 Å². The largest absolute Gasteiger partial charge is 0.378 e. The van der Waals surface area contributed by atoms with E-state index in [1.807, 2.05) is 6.20 Å². The summed E-state index contributed by atoms with van der Waals surface area (Å²) in [6, 6.07) is 15.4. The molecule has 3 nitrogen and oxygen atoms in total. The van der Waals surface area contributed by atoms with Gasteiger partial charge in [-0.05, 0) is 37.1 Å². The van der Waals surface area contributed by atoms with Gasteiger partial charge in [-0.15, -0.1) is 0 Å². The second-order valence-corrected chi connectivity index (χ2v) is 5.19. The predicted octanol–water partition coefficient (Wildman–Crippen LogP) is 4.43. The molecule has 0 aliphatic rings. The second-order valence-electron chi connectivity index (χ2n) is 5.19. The van der Waals surface area contributed by atoms with Crippen LogP contribution in [0.2, 0.25) is 0 Å². The predicted molar refractivity (Wildman–Crippen MR) is 83.9 cm³/mol. The number of hydrogen-bond acceptors (Lipinski definition) is 2. The van der Waals surface area contributed by atoms with Gasteiger partial charge in [-0.1, -0.05) is 36.8 Å². The molecule has 1 aromatic heterocycles. The summed E-state index contributed by atoms with van der Waals surface area (Å²) in [4.78, 5) is 0. The monoisotopic (exact) mass is 265 g/mol. The van der Waals surface area contributed by atoms with Crippen molar-refractivity contribution in [3.8, 4) is 0 Å². The van der Waals surface area contributed by atoms with Crippen LogP contribution in [0.3, 0.4) is 0 Å². The van der Waals surface area contributed by atoms with E-state index in [-0.39, 0.29) is 0 Å². The Labute approximate surface area is 119 Å². The quantitative estimate of drug-likeness (QED) is 0.732. The molecule has 0 radical (unpaired) electrons. The molecule has 0 fully saturated rings. The number of anilines is 1. The van der Waals surface area contributed by atoms with Crippen molar-refractivity contribution in [2.24, 2.45) is 0 Å². The second kappa shape index (κ2) is 5.37. The third-order valence-corrected chi connectivity index (χ3v) is 3.67. The molecule has 0 aliphatic heterocycles. The molecule has 1 atom stereocenters. The lowest BCUT2D eigenvalue weighted by Gasteiger charge is -2.19. The van der Waals surface area contributed by atoms with Crippen LogP contribution in [0.25, 0.3) is 10.9 Å². The zero-order chi connectivity index (χ0) is 13.9. The van der Waals surface area contributed by atoms with Gasteiger partial charge in [0.05, 0.1) is 17.8 Å². The Morgan fingerprint density at radius 1 is 1.15 bits per heavy atom. The number of aryl methyl sites for hydroxylation is 1. The number of rotatable bonds is 4. The van der Waals surface area contributed by atoms with Gasteiger partial charge >= 0.3 is 0 Å². The minimum absolute atomic E-state index is 0.330. The van der Waals surface area contributed by atoms with E-state index >= 15 is 0 Å². The van der Waals surface area contributed by atoms with Crippen LogP contribution in [0.5, 0.6) is 0 Å². The van der Waals surface area contributed by atoms with Crippen LogP contribution >= 0.6 is 0 Å². The summed E-state index contributed by atoms with van der Waals surface area (Å²) in [5.74, 6) is 0. The van der Waals surface area contributed by atoms with Crippen LogP contribution < -0.4 is 5.32 Å². The summed E-state index contributed by atoms with van der Waals surface area (Å²) in [5, 5.41) is 11.8. The molecular formula is C17H19N3. The highest BCUT2D eigenvalue weighted by atomic mass is 15.1. The fraction of sp³-hybridized carbons (Fsp3) is 0.235. The van der Waals surface area contributed by atoms with Crippen molar-refractivity contribution in [3.05, 3.63) is 59.8 Å². The van der Waals surface area contributed by atoms with Gasteiger partial charge in [0.2, 0.25) is 0 Å². The van der Waals surface area contributed by atoms with Gasteiger partial charge in [0.15, 0.2) is 0 Å². The molecule has 0 saturated carbocycles. The van der Waals surface area contributed by atoms with E-state index in [0.29, 0.717) is 6.04 Å². The molecule has 0 aliphatic carbocycles. The first-order valence-electron chi connectivity index (χ1n) is 7.02. The summed E-state index contributed by atoms with van der Waals surface area (Å²) < 4.78 is 0. The molecule has 2 N–H and O–H groups in total. The van der Waals surface area contributed by atoms with Gasteiger partial charge in [-0.3, -0.25) is 5.10 Å². The Morgan fingerprint density at radius 3 is 2.70 bits per heavy atom. The first kappa shape index (κ1) is 12.7. The van der Waals surface area contributed by atoms with Crippen molar-refractivity contribution in [2.45, 2.75) is 26.3 Å². The zero-order valence-electron chi connectivity index (χ0n) is 11.9. The Balaban J connectivity index is 1.84. The molecule has 3 aromatic rings. The highest BCUT2D eigenvalue weighted by molar-refractivity contribution is 5.81. The van der Waals surface area contributed by atoms with Gasteiger partial charge in [0, 0.05) is 11.1 Å². The summed E-state index contributed by atoms with van der Waals surface area (Å²) >= 11 is 0. The maximum absolute atomic E-state index is 4.06. The lowest BCUT2D eigenvalue weighted by Crippen LogP contribution is -2.09. The average molecular weight is 265 g/mol. The number of aromatic amines is 1. The number of nitrogens with zero attached hydrogens (tertiary/aromatic N) is 1. The number of aromatic nitrogens is 2. The summed E-state index contributed by atoms with van der Waals surface area (Å²) in [6.07, 6.45) is 2.89. The fourth-order valence-corrected chi connectivity index (χ4v) is 2.45. The Morgan fingerprint density at radius 2 is 1.95 bits per heavy atom. The number of nitrogens with one attached hydrogen (secondary N) is 2. The summed E-state index contributed by atoms with van der Waals surface area (Å²) in [5.41, 5.74) is 4.80. The van der Waals surface area contributed by atoms with E-state index in [1.165, 1.54) is 11.1 Å². The van der Waals surface area contributed by atoms with Gasteiger partial charge < -0.3 is 5.32 Å². The van der Waals surface area contributed by atoms with Crippen LogP contribution in [0.15, 0.2) is 48.7 Å². The van der Waals surface area contributed by atoms with Gasteiger partial charge in [0.1, 0.15) is 0 Å². The number of fused-ring (bicyclic) bond motifs is 1. The molecule has 0 bridgehead atoms. The van der Waals surface area contributed by atoms with Gasteiger partial charge in [-0.2, -0.15) is 5.10 Å². The van der Waals surface area contributed by atoms with Crippen LogP contribution in [-0.2, 0) is 0 Å². The standard InChI is InChI=1S/C17H19N3/c1-3-16(13-6-4-12(2)5-7-13)19-15-9-8-14-11-18-20-17(14)10-15/h4-11,16,19H,3H2,1-2H3,(H,18,20). The van der Waals surface area contributed by atoms with E-state index in [9.17, 15) is 0 Å². The van der Waals surface area contributed by atoms with Crippen molar-refractivity contribution in [1.82, 2.24) is 10.2 Å². The molecule has 3 heteroatoms. The first-order valence-corrected chi connectivity index (χ1v) is 7.02. The zero-order valence-corrected chi connectivity index (χ0v) is 11.9. The smallest absolute Gasteiger partial charge is 0.0670 e. The van der Waals surface area contributed by atoms with Crippen LogP contribution in [0, 0.1) is 6.92 Å². The Kier molecular flexibility index (Phi) is 3.42. The number of benzene rings is 2. The van der Waals surface area contributed by atoms with E-state index in [2.05, 4.69) is 71.8 Å². The van der Waals surface area contributed by atoms with Gasteiger partial charge in [0.25, 0.3) is 0 Å². The van der Waals surface area contributed by atoms with E-state index in [0.717, 1.165) is 23.0 Å². The number of hydrogen-bond donors (Lipinski definition) is 2. The number of H-pyrrole nitrogens is 1. The van der Waals surface area contributed by atoms with Crippen molar-refractivity contribution in [2.75, 3.05) is 5.32 Å². The molecule has 1 heterocycles. The van der Waals surface area contributed by atoms with E-state index in [1.54, 1.807) is 0 Å². The van der Waals surface area contributed by atoms with Crippen molar-refractivity contribution >= 4 is 16.6 Å². The minimum atomic E-state index is 0.330. The van der Waals surface area contributed by atoms with Crippen LogP contribution in [0.4, 0.5) is 5.69 Å². The molecular weight excluding hydrogens is 246 g/mol. The first-order chi connectivity index (χ1) is 9.76. The van der Waals surface area contributed by atoms with Crippen LogP contribution in [-0.4, -0.2) is 10.2 Å². The molecule has 0 amide bonds. The van der Waals surface area contributed by atoms with E-state index in [4.69, 9.17) is 0 Å². The summed E-state index contributed by atoms with van der Waals surface area (Å²) in [6.45, 7) is 4.32. The molecule has 20 heavy (non-hydrogen) atoms. The Bertz CT molecular complexity index is 698. The third-order valence-electron chi connectivity index (χ3n) is 3.67. The topological polar surface area (TPSA) is 40.7 Å². The van der Waals surface area contributed by atoms with Crippen molar-refractivity contribution < 1.29 is 0 Å². The lowest BCUT2D eigenvalue weighted by atomic mass is 10.0. The fourth-order valence-electron chi connectivity index (χ4n) is 2.45. The van der Waals surface area contributed by atoms with Crippen molar-refractivity contribution in [3.63, 3.8) is 0 Å². The third kappa shape index (κ3) is 2.52. The van der Waals surface area contributed by atoms with Crippen LogP contribution in [0.1, 0.15) is 30.5 Å². The minimum Gasteiger partial charge on any atom is -0.378 e. The Hall–Kier alpha value is -2.29. The highest BCUT2D eigenvalue weighted by Gasteiger charge is 2.09. The van der Waals surface area contributed by atoms with Crippen molar-refractivity contribution in [1.29, 1.82) is 0 Å². The average Bonchev–Trinajstić information content (AvgIpc) is 2.93. The van der Waals surface area contributed by atoms with E-state index < -0.39 is 0 Å².